The smallest absolute Gasteiger partial charge is 0.241 e. The minimum absolute atomic E-state index is 0.320. The maximum Gasteiger partial charge on any atom is 0.241 e. The van der Waals surface area contributed by atoms with E-state index >= 15 is 0 Å². The van der Waals surface area contributed by atoms with Crippen molar-refractivity contribution in [3.63, 3.8) is 0 Å². The van der Waals surface area contributed by atoms with Crippen LogP contribution in [0.15, 0.2) is 0 Å². The lowest BCUT2D eigenvalue weighted by Gasteiger charge is -2.03. The number of aromatic nitrogens is 3. The van der Waals surface area contributed by atoms with Crippen molar-refractivity contribution in [3.05, 3.63) is 0 Å². The highest BCUT2D eigenvalue weighted by Gasteiger charge is 2.03. The fraction of sp³-hybridized carbons (Fsp3) is 0.250. The minimum Gasteiger partial charge on any atom is -0.283 e. The van der Waals surface area contributed by atoms with Gasteiger partial charge in [-0.05, 0) is 20.8 Å². The first kappa shape index (κ1) is 13.2. The Balaban J connectivity index is 3.01. The largest absolute Gasteiger partial charge is 0.283 e. The van der Waals surface area contributed by atoms with Crippen LogP contribution < -0.4 is 16.0 Å². The Morgan fingerprint density at radius 1 is 0.611 bits per heavy atom. The zero-order chi connectivity index (χ0) is 13.2. The Bertz CT molecular complexity index is 490. The van der Waals surface area contributed by atoms with Gasteiger partial charge in [-0.1, -0.05) is 17.8 Å². The van der Waals surface area contributed by atoms with E-state index in [0.29, 0.717) is 17.8 Å². The van der Waals surface area contributed by atoms with Crippen molar-refractivity contribution in [2.45, 2.75) is 20.8 Å². The maximum atomic E-state index is 4.08. The van der Waals surface area contributed by atoms with Gasteiger partial charge in [-0.2, -0.15) is 15.0 Å². The van der Waals surface area contributed by atoms with Crippen LogP contribution in [0.3, 0.4) is 0 Å². The molecule has 18 heavy (non-hydrogen) atoms. The summed E-state index contributed by atoms with van der Waals surface area (Å²) in [6, 6.07) is 7.95. The number of rotatable bonds is 3. The van der Waals surface area contributed by atoms with E-state index in [-0.39, 0.29) is 0 Å². The summed E-state index contributed by atoms with van der Waals surface area (Å²) in [4.78, 5) is 12.2. The second-order valence-corrected chi connectivity index (χ2v) is 2.81. The van der Waals surface area contributed by atoms with Gasteiger partial charge in [0, 0.05) is 18.1 Å². The molecule has 0 saturated carbocycles. The Hall–Kier alpha value is -2.91. The van der Waals surface area contributed by atoms with Gasteiger partial charge >= 0.3 is 0 Å². The molecule has 90 valence electrons. The van der Waals surface area contributed by atoms with Crippen molar-refractivity contribution in [1.82, 2.24) is 15.0 Å². The molecule has 0 unspecified atom stereocenters. The lowest BCUT2D eigenvalue weighted by molar-refractivity contribution is 1.07. The Morgan fingerprint density at radius 2 is 0.889 bits per heavy atom. The van der Waals surface area contributed by atoms with E-state index < -0.39 is 0 Å². The van der Waals surface area contributed by atoms with Gasteiger partial charge < -0.3 is 0 Å². The lowest BCUT2D eigenvalue weighted by atomic mass is 10.7. The van der Waals surface area contributed by atoms with Crippen LogP contribution in [-0.4, -0.2) is 15.0 Å². The summed E-state index contributed by atoms with van der Waals surface area (Å²) >= 11 is 0. The van der Waals surface area contributed by atoms with Gasteiger partial charge in [0.05, 0.1) is 0 Å². The second kappa shape index (κ2) is 7.38. The molecule has 0 aliphatic carbocycles. The molecule has 0 amide bonds. The average molecular weight is 240 g/mol. The number of hydrogen-bond acceptors (Lipinski definition) is 6. The fourth-order valence-corrected chi connectivity index (χ4v) is 0.899. The summed E-state index contributed by atoms with van der Waals surface area (Å²) in [6.07, 6.45) is 0. The summed E-state index contributed by atoms with van der Waals surface area (Å²) in [6.45, 7) is 5.12. The SMILES string of the molecule is CC#CNc1nc(NC#CC)nc(NC#CC)n1. The summed E-state index contributed by atoms with van der Waals surface area (Å²) in [5, 5.41) is 8.18. The van der Waals surface area contributed by atoms with Gasteiger partial charge in [0.25, 0.3) is 0 Å². The van der Waals surface area contributed by atoms with Crippen LogP contribution in [-0.2, 0) is 0 Å². The van der Waals surface area contributed by atoms with E-state index in [1.807, 2.05) is 0 Å². The zero-order valence-electron chi connectivity index (χ0n) is 10.3. The van der Waals surface area contributed by atoms with Crippen LogP contribution in [0.2, 0.25) is 0 Å². The molecule has 0 spiro atoms. The number of hydrogen-bond donors (Lipinski definition) is 3. The predicted molar refractivity (Wildman–Crippen MR) is 71.0 cm³/mol. The summed E-state index contributed by atoms with van der Waals surface area (Å²) in [7, 11) is 0. The second-order valence-electron chi connectivity index (χ2n) is 2.81. The van der Waals surface area contributed by atoms with Crippen LogP contribution in [0, 0.1) is 35.9 Å². The Kier molecular flexibility index (Phi) is 5.39. The van der Waals surface area contributed by atoms with Gasteiger partial charge in [0.15, 0.2) is 0 Å². The standard InChI is InChI=1S/C12H12N6/c1-4-7-13-10-16-11(14-8-5-2)18-12(17-10)15-9-6-3/h1-3H3,(H3,13,14,15,16,17,18). The van der Waals surface area contributed by atoms with E-state index in [1.54, 1.807) is 20.8 Å². The molecule has 0 fully saturated rings. The van der Waals surface area contributed by atoms with Crippen LogP contribution in [0.5, 0.6) is 0 Å². The van der Waals surface area contributed by atoms with Crippen molar-refractivity contribution in [2.24, 2.45) is 0 Å². The molecule has 0 aliphatic rings. The quantitative estimate of drug-likeness (QED) is 0.541. The Labute approximate surface area is 106 Å². The average Bonchev–Trinajstić information content (AvgIpc) is 2.40. The molecule has 3 N–H and O–H groups in total. The first-order chi connectivity index (χ1) is 8.80. The molecule has 0 atom stereocenters. The molecule has 6 nitrogen and oxygen atoms in total. The van der Waals surface area contributed by atoms with E-state index in [9.17, 15) is 0 Å². The highest BCUT2D eigenvalue weighted by atomic mass is 15.3. The number of nitrogens with zero attached hydrogens (tertiary/aromatic N) is 3. The molecule has 0 aromatic carbocycles. The van der Waals surface area contributed by atoms with Crippen molar-refractivity contribution in [3.8, 4) is 35.9 Å². The first-order valence-electron chi connectivity index (χ1n) is 5.09. The molecule has 1 aromatic rings. The van der Waals surface area contributed by atoms with Crippen molar-refractivity contribution < 1.29 is 0 Å². The van der Waals surface area contributed by atoms with E-state index in [4.69, 9.17) is 0 Å². The van der Waals surface area contributed by atoms with Gasteiger partial charge in [0.1, 0.15) is 0 Å². The Morgan fingerprint density at radius 3 is 1.11 bits per heavy atom. The van der Waals surface area contributed by atoms with Crippen LogP contribution >= 0.6 is 0 Å². The van der Waals surface area contributed by atoms with Gasteiger partial charge in [-0.3, -0.25) is 16.0 Å². The van der Waals surface area contributed by atoms with E-state index in [2.05, 4.69) is 66.8 Å². The third kappa shape index (κ3) is 4.30. The predicted octanol–water partition coefficient (Wildman–Crippen LogP) is 1.05. The van der Waals surface area contributed by atoms with Crippen molar-refractivity contribution in [2.75, 3.05) is 16.0 Å². The van der Waals surface area contributed by atoms with Crippen LogP contribution in [0.1, 0.15) is 20.8 Å². The molecular formula is C12H12N6. The maximum absolute atomic E-state index is 4.08. The molecule has 1 heterocycles. The monoisotopic (exact) mass is 240 g/mol. The topological polar surface area (TPSA) is 74.8 Å². The molecule has 0 aliphatic heterocycles. The zero-order valence-corrected chi connectivity index (χ0v) is 10.3. The third-order valence-electron chi connectivity index (χ3n) is 1.53. The summed E-state index contributed by atoms with van der Waals surface area (Å²) < 4.78 is 0. The molecule has 0 saturated heterocycles. The van der Waals surface area contributed by atoms with Gasteiger partial charge in [-0.25, -0.2) is 0 Å². The first-order valence-corrected chi connectivity index (χ1v) is 5.09. The molecule has 1 aromatic heterocycles. The normalized spacial score (nSPS) is 7.50. The molecule has 1 rings (SSSR count). The number of anilines is 3. The van der Waals surface area contributed by atoms with Gasteiger partial charge in [-0.15, -0.1) is 0 Å². The summed E-state index contributed by atoms with van der Waals surface area (Å²) in [5.74, 6) is 9.01. The third-order valence-corrected chi connectivity index (χ3v) is 1.53. The van der Waals surface area contributed by atoms with Crippen LogP contribution in [0.25, 0.3) is 0 Å². The summed E-state index contributed by atoms with van der Waals surface area (Å²) in [5.41, 5.74) is 0. The van der Waals surface area contributed by atoms with Crippen molar-refractivity contribution >= 4 is 17.8 Å². The minimum atomic E-state index is 0.320. The number of nitrogens with one attached hydrogen (secondary N) is 3. The molecule has 0 bridgehead atoms. The highest BCUT2D eigenvalue weighted by molar-refractivity contribution is 5.48. The van der Waals surface area contributed by atoms with Crippen molar-refractivity contribution in [1.29, 1.82) is 0 Å². The van der Waals surface area contributed by atoms with E-state index in [0.717, 1.165) is 0 Å². The lowest BCUT2D eigenvalue weighted by Crippen LogP contribution is -2.06. The fourth-order valence-electron chi connectivity index (χ4n) is 0.899. The van der Waals surface area contributed by atoms with Gasteiger partial charge in [0.2, 0.25) is 17.8 Å². The van der Waals surface area contributed by atoms with Crippen LogP contribution in [0.4, 0.5) is 17.8 Å². The van der Waals surface area contributed by atoms with E-state index in [1.165, 1.54) is 0 Å². The molecular weight excluding hydrogens is 228 g/mol. The highest BCUT2D eigenvalue weighted by Crippen LogP contribution is 2.07. The molecule has 6 heteroatoms. The molecule has 0 radical (unpaired) electrons.